The van der Waals surface area contributed by atoms with Crippen LogP contribution in [0.5, 0.6) is 0 Å². The topological polar surface area (TPSA) is 31.4 Å². The number of rotatable bonds is 9. The smallest absolute Gasteiger partial charge is 0.128 e. The molecule has 0 saturated heterocycles. The molecule has 0 aliphatic rings. The normalized spacial score (nSPS) is 11.4. The van der Waals surface area contributed by atoms with Crippen molar-refractivity contribution in [2.75, 3.05) is 45.2 Å². The first-order valence-electron chi connectivity index (χ1n) is 7.68. The van der Waals surface area contributed by atoms with Crippen LogP contribution in [0.3, 0.4) is 0 Å². The number of aromatic nitrogens is 1. The molecular formula is C16H29ClN4. The molecule has 0 radical (unpaired) electrons. The fraction of sp³-hybridized carbons (Fsp3) is 0.688. The summed E-state index contributed by atoms with van der Waals surface area (Å²) in [6.07, 6.45) is 1.77. The molecule has 0 unspecified atom stereocenters. The van der Waals surface area contributed by atoms with Crippen LogP contribution in [0.25, 0.3) is 0 Å². The highest BCUT2D eigenvalue weighted by atomic mass is 35.5. The van der Waals surface area contributed by atoms with Gasteiger partial charge in [0.05, 0.1) is 5.02 Å². The minimum absolute atomic E-state index is 0.599. The zero-order valence-electron chi connectivity index (χ0n) is 14.0. The third-order valence-corrected chi connectivity index (χ3v) is 3.55. The van der Waals surface area contributed by atoms with Crippen molar-refractivity contribution < 1.29 is 0 Å². The number of anilines is 1. The van der Waals surface area contributed by atoms with Crippen molar-refractivity contribution in [3.63, 3.8) is 0 Å². The molecular weight excluding hydrogens is 284 g/mol. The largest absolute Gasteiger partial charge is 0.355 e. The molecule has 0 aromatic carbocycles. The molecule has 1 heterocycles. The number of halogens is 1. The number of pyridine rings is 1. The third-order valence-electron chi connectivity index (χ3n) is 3.21. The minimum Gasteiger partial charge on any atom is -0.355 e. The Morgan fingerprint density at radius 3 is 2.57 bits per heavy atom. The number of hydrogen-bond donors (Lipinski definition) is 1. The van der Waals surface area contributed by atoms with Gasteiger partial charge in [-0.15, -0.1) is 0 Å². The Bertz CT molecular complexity index is 421. The van der Waals surface area contributed by atoms with Crippen LogP contribution in [0, 0.1) is 5.92 Å². The highest BCUT2D eigenvalue weighted by Crippen LogP contribution is 2.21. The molecule has 0 aliphatic heterocycles. The Labute approximate surface area is 134 Å². The summed E-state index contributed by atoms with van der Waals surface area (Å²) in [4.78, 5) is 9.07. The van der Waals surface area contributed by atoms with Crippen LogP contribution in [0.15, 0.2) is 12.3 Å². The molecule has 1 N–H and O–H groups in total. The molecule has 1 aromatic heterocycles. The van der Waals surface area contributed by atoms with E-state index in [0.29, 0.717) is 5.92 Å². The van der Waals surface area contributed by atoms with E-state index >= 15 is 0 Å². The lowest BCUT2D eigenvalue weighted by Crippen LogP contribution is -2.35. The summed E-state index contributed by atoms with van der Waals surface area (Å²) in [7, 11) is 4.19. The van der Waals surface area contributed by atoms with Gasteiger partial charge in [-0.25, -0.2) is 4.98 Å². The quantitative estimate of drug-likeness (QED) is 0.760. The summed E-state index contributed by atoms with van der Waals surface area (Å²) < 4.78 is 0. The zero-order valence-corrected chi connectivity index (χ0v) is 14.7. The SMILES string of the molecule is CCNCc1cc(N(CCN(C)C)CC(C)C)ncc1Cl. The molecule has 0 bridgehead atoms. The Kier molecular flexibility index (Phi) is 8.01. The first kappa shape index (κ1) is 18.2. The number of nitrogens with zero attached hydrogens (tertiary/aromatic N) is 3. The number of likely N-dealkylation sites (N-methyl/N-ethyl adjacent to an activating group) is 1. The lowest BCUT2D eigenvalue weighted by molar-refractivity contribution is 0.408. The van der Waals surface area contributed by atoms with Crippen LogP contribution in [0.1, 0.15) is 26.3 Å². The average Bonchev–Trinajstić information content (AvgIpc) is 2.42. The lowest BCUT2D eigenvalue weighted by Gasteiger charge is -2.27. The van der Waals surface area contributed by atoms with Crippen LogP contribution < -0.4 is 10.2 Å². The van der Waals surface area contributed by atoms with Gasteiger partial charge in [-0.1, -0.05) is 32.4 Å². The van der Waals surface area contributed by atoms with Crippen molar-refractivity contribution in [3.05, 3.63) is 22.8 Å². The van der Waals surface area contributed by atoms with Gasteiger partial charge in [0, 0.05) is 32.4 Å². The van der Waals surface area contributed by atoms with Crippen molar-refractivity contribution in [3.8, 4) is 0 Å². The van der Waals surface area contributed by atoms with Crippen molar-refractivity contribution in [2.24, 2.45) is 5.92 Å². The van der Waals surface area contributed by atoms with E-state index in [-0.39, 0.29) is 0 Å². The van der Waals surface area contributed by atoms with E-state index in [4.69, 9.17) is 11.6 Å². The van der Waals surface area contributed by atoms with Gasteiger partial charge in [0.1, 0.15) is 5.82 Å². The fourth-order valence-corrected chi connectivity index (χ4v) is 2.27. The number of hydrogen-bond acceptors (Lipinski definition) is 4. The third kappa shape index (κ3) is 6.64. The van der Waals surface area contributed by atoms with Crippen molar-refractivity contribution in [1.82, 2.24) is 15.2 Å². The molecule has 1 rings (SSSR count). The molecule has 0 amide bonds. The summed E-state index contributed by atoms with van der Waals surface area (Å²) in [5.41, 5.74) is 1.11. The maximum absolute atomic E-state index is 6.24. The van der Waals surface area contributed by atoms with Gasteiger partial charge in [0.25, 0.3) is 0 Å². The van der Waals surface area contributed by atoms with Gasteiger partial charge < -0.3 is 15.1 Å². The van der Waals surface area contributed by atoms with E-state index < -0.39 is 0 Å². The van der Waals surface area contributed by atoms with Gasteiger partial charge in [-0.2, -0.15) is 0 Å². The molecule has 0 aliphatic carbocycles. The van der Waals surface area contributed by atoms with E-state index in [1.54, 1.807) is 6.20 Å². The minimum atomic E-state index is 0.599. The molecule has 5 heteroatoms. The molecule has 4 nitrogen and oxygen atoms in total. The Morgan fingerprint density at radius 1 is 1.29 bits per heavy atom. The standard InChI is InChI=1S/C16H29ClN4/c1-6-18-10-14-9-16(19-11-15(14)17)21(12-13(2)3)8-7-20(4)5/h9,11,13,18H,6-8,10,12H2,1-5H3. The van der Waals surface area contributed by atoms with Gasteiger partial charge >= 0.3 is 0 Å². The second-order valence-electron chi connectivity index (χ2n) is 6.06. The van der Waals surface area contributed by atoms with Gasteiger partial charge in [-0.05, 0) is 38.2 Å². The first-order valence-corrected chi connectivity index (χ1v) is 8.06. The monoisotopic (exact) mass is 312 g/mol. The second kappa shape index (κ2) is 9.23. The van der Waals surface area contributed by atoms with Gasteiger partial charge in [0.15, 0.2) is 0 Å². The van der Waals surface area contributed by atoms with Crippen LogP contribution in [-0.2, 0) is 6.54 Å². The Morgan fingerprint density at radius 2 is 2.00 bits per heavy atom. The summed E-state index contributed by atoms with van der Waals surface area (Å²) in [5.74, 6) is 1.62. The summed E-state index contributed by atoms with van der Waals surface area (Å²) in [6, 6.07) is 2.11. The summed E-state index contributed by atoms with van der Waals surface area (Å²) >= 11 is 6.24. The van der Waals surface area contributed by atoms with Crippen LogP contribution in [-0.4, -0.2) is 50.2 Å². The molecule has 0 spiro atoms. The van der Waals surface area contributed by atoms with Crippen LogP contribution in [0.2, 0.25) is 5.02 Å². The zero-order chi connectivity index (χ0) is 15.8. The second-order valence-corrected chi connectivity index (χ2v) is 6.46. The molecule has 1 aromatic rings. The van der Waals surface area contributed by atoms with Gasteiger partial charge in [0.2, 0.25) is 0 Å². The summed E-state index contributed by atoms with van der Waals surface area (Å²) in [6.45, 7) is 11.3. The number of nitrogens with one attached hydrogen (secondary N) is 1. The highest BCUT2D eigenvalue weighted by Gasteiger charge is 2.12. The van der Waals surface area contributed by atoms with Crippen molar-refractivity contribution in [1.29, 1.82) is 0 Å². The van der Waals surface area contributed by atoms with Crippen molar-refractivity contribution >= 4 is 17.4 Å². The van der Waals surface area contributed by atoms with Gasteiger partial charge in [-0.3, -0.25) is 0 Å². The molecule has 0 fully saturated rings. The highest BCUT2D eigenvalue weighted by molar-refractivity contribution is 6.31. The Hall–Kier alpha value is -0.840. The van der Waals surface area contributed by atoms with E-state index in [2.05, 4.69) is 61.0 Å². The summed E-state index contributed by atoms with van der Waals surface area (Å²) in [5, 5.41) is 4.06. The van der Waals surface area contributed by atoms with Crippen molar-refractivity contribution in [2.45, 2.75) is 27.3 Å². The molecule has 21 heavy (non-hydrogen) atoms. The lowest BCUT2D eigenvalue weighted by atomic mass is 10.2. The van der Waals surface area contributed by atoms with E-state index in [9.17, 15) is 0 Å². The van der Waals surface area contributed by atoms with Crippen LogP contribution >= 0.6 is 11.6 Å². The fourth-order valence-electron chi connectivity index (χ4n) is 2.10. The predicted molar refractivity (Wildman–Crippen MR) is 92.2 cm³/mol. The predicted octanol–water partition coefficient (Wildman–Crippen LogP) is 2.87. The Balaban J connectivity index is 2.89. The van der Waals surface area contributed by atoms with E-state index in [1.165, 1.54) is 0 Å². The van der Waals surface area contributed by atoms with E-state index in [0.717, 1.165) is 49.1 Å². The molecule has 0 saturated carbocycles. The maximum atomic E-state index is 6.24. The first-order chi connectivity index (χ1) is 9.93. The molecule has 120 valence electrons. The molecule has 0 atom stereocenters. The average molecular weight is 313 g/mol. The maximum Gasteiger partial charge on any atom is 0.128 e. The van der Waals surface area contributed by atoms with Crippen LogP contribution in [0.4, 0.5) is 5.82 Å². The van der Waals surface area contributed by atoms with E-state index in [1.807, 2.05) is 0 Å².